The van der Waals surface area contributed by atoms with Crippen LogP contribution in [0.15, 0.2) is 60.7 Å². The number of rotatable bonds is 3. The van der Waals surface area contributed by atoms with Crippen LogP contribution in [0.25, 0.3) is 10.9 Å². The zero-order valence-corrected chi connectivity index (χ0v) is 12.0. The largest absolute Gasteiger partial charge is 0.243 e. The molecule has 2 aromatic carbocycles. The maximum Gasteiger partial charge on any atom is 0.243 e. The summed E-state index contributed by atoms with van der Waals surface area (Å²) in [6.45, 7) is 1.82. The first kappa shape index (κ1) is 12.9. The smallest absolute Gasteiger partial charge is 0.242 e. The van der Waals surface area contributed by atoms with Crippen molar-refractivity contribution >= 4 is 20.9 Å². The molecule has 0 amide bonds. The molecule has 0 unspecified atom stereocenters. The highest BCUT2D eigenvalue weighted by molar-refractivity contribution is 7.89. The van der Waals surface area contributed by atoms with Crippen LogP contribution in [0.1, 0.15) is 11.3 Å². The van der Waals surface area contributed by atoms with Gasteiger partial charge in [0.2, 0.25) is 10.0 Å². The van der Waals surface area contributed by atoms with Crippen molar-refractivity contribution in [2.45, 2.75) is 12.7 Å². The molecule has 20 heavy (non-hydrogen) atoms. The average Bonchev–Trinajstić information content (AvgIpc) is 2.75. The normalized spacial score (nSPS) is 11.8. The van der Waals surface area contributed by atoms with Crippen molar-refractivity contribution in [3.8, 4) is 0 Å². The molecule has 0 aliphatic rings. The highest BCUT2D eigenvalue weighted by Crippen LogP contribution is 2.23. The maximum atomic E-state index is 12.7. The van der Waals surface area contributed by atoms with Crippen LogP contribution in [0.2, 0.25) is 0 Å². The molecule has 1 heterocycles. The molecule has 1 aromatic heterocycles. The minimum Gasteiger partial charge on any atom is -0.242 e. The molecular formula is C16H15NO2S. The van der Waals surface area contributed by atoms with Gasteiger partial charge in [0, 0.05) is 11.1 Å². The summed E-state index contributed by atoms with van der Waals surface area (Å²) in [6, 6.07) is 18.7. The van der Waals surface area contributed by atoms with Crippen LogP contribution in [0, 0.1) is 6.92 Å². The van der Waals surface area contributed by atoms with E-state index in [1.165, 1.54) is 3.97 Å². The lowest BCUT2D eigenvalue weighted by Crippen LogP contribution is -2.16. The molecule has 0 radical (unpaired) electrons. The molecule has 102 valence electrons. The molecule has 3 rings (SSSR count). The van der Waals surface area contributed by atoms with Crippen LogP contribution < -0.4 is 0 Å². The molecule has 3 aromatic rings. The van der Waals surface area contributed by atoms with Gasteiger partial charge in [0.05, 0.1) is 11.3 Å². The lowest BCUT2D eigenvalue weighted by molar-refractivity contribution is 0.587. The topological polar surface area (TPSA) is 39.1 Å². The number of hydrogen-bond donors (Lipinski definition) is 0. The second kappa shape index (κ2) is 4.80. The van der Waals surface area contributed by atoms with E-state index >= 15 is 0 Å². The quantitative estimate of drug-likeness (QED) is 0.740. The van der Waals surface area contributed by atoms with E-state index in [1.54, 1.807) is 0 Å². The monoisotopic (exact) mass is 285 g/mol. The molecule has 0 bridgehead atoms. The zero-order valence-electron chi connectivity index (χ0n) is 11.2. The fraction of sp³-hybridized carbons (Fsp3) is 0.125. The first-order chi connectivity index (χ1) is 9.58. The number of hydrogen-bond acceptors (Lipinski definition) is 2. The van der Waals surface area contributed by atoms with Gasteiger partial charge < -0.3 is 0 Å². The first-order valence-corrected chi connectivity index (χ1v) is 8.03. The van der Waals surface area contributed by atoms with Crippen molar-refractivity contribution < 1.29 is 8.42 Å². The van der Waals surface area contributed by atoms with E-state index in [-0.39, 0.29) is 5.75 Å². The predicted molar refractivity (Wildman–Crippen MR) is 81.1 cm³/mol. The third-order valence-electron chi connectivity index (χ3n) is 3.31. The van der Waals surface area contributed by atoms with Crippen molar-refractivity contribution in [2.24, 2.45) is 0 Å². The van der Waals surface area contributed by atoms with Crippen molar-refractivity contribution in [2.75, 3.05) is 0 Å². The van der Waals surface area contributed by atoms with Crippen molar-refractivity contribution in [3.63, 3.8) is 0 Å². The van der Waals surface area contributed by atoms with Crippen molar-refractivity contribution in [3.05, 3.63) is 71.9 Å². The molecule has 4 heteroatoms. The van der Waals surface area contributed by atoms with Gasteiger partial charge in [-0.15, -0.1) is 0 Å². The summed E-state index contributed by atoms with van der Waals surface area (Å²) in [6.07, 6.45) is 0. The SMILES string of the molecule is Cc1cc2ccccc2n1S(=O)(=O)Cc1ccccc1. The van der Waals surface area contributed by atoms with Crippen LogP contribution in [0.5, 0.6) is 0 Å². The van der Waals surface area contributed by atoms with Gasteiger partial charge in [-0.2, -0.15) is 0 Å². The summed E-state index contributed by atoms with van der Waals surface area (Å²) in [7, 11) is -3.41. The van der Waals surface area contributed by atoms with Gasteiger partial charge in [0.1, 0.15) is 0 Å². The van der Waals surface area contributed by atoms with Gasteiger partial charge >= 0.3 is 0 Å². The Bertz CT molecular complexity index is 849. The average molecular weight is 285 g/mol. The Hall–Kier alpha value is -2.07. The zero-order chi connectivity index (χ0) is 14.2. The Morgan fingerprint density at radius 3 is 2.35 bits per heavy atom. The highest BCUT2D eigenvalue weighted by atomic mass is 32.2. The number of para-hydroxylation sites is 1. The Balaban J connectivity index is 2.12. The third-order valence-corrected chi connectivity index (χ3v) is 5.05. The van der Waals surface area contributed by atoms with Gasteiger partial charge in [-0.05, 0) is 24.6 Å². The van der Waals surface area contributed by atoms with Crippen molar-refractivity contribution in [1.82, 2.24) is 3.97 Å². The first-order valence-electron chi connectivity index (χ1n) is 6.42. The van der Waals surface area contributed by atoms with Gasteiger partial charge in [0.25, 0.3) is 0 Å². The standard InChI is InChI=1S/C16H15NO2S/c1-13-11-15-9-5-6-10-16(15)17(13)20(18,19)12-14-7-3-2-4-8-14/h2-11H,12H2,1H3. The van der Waals surface area contributed by atoms with E-state index < -0.39 is 10.0 Å². The molecule has 3 nitrogen and oxygen atoms in total. The van der Waals surface area contributed by atoms with Crippen LogP contribution in [0.4, 0.5) is 0 Å². The second-order valence-electron chi connectivity index (χ2n) is 4.85. The molecule has 0 saturated heterocycles. The molecular weight excluding hydrogens is 270 g/mol. The number of aromatic nitrogens is 1. The minimum absolute atomic E-state index is 0.00730. The summed E-state index contributed by atoms with van der Waals surface area (Å²) in [5, 5.41) is 0.946. The van der Waals surface area contributed by atoms with E-state index in [0.29, 0.717) is 0 Å². The second-order valence-corrected chi connectivity index (χ2v) is 6.67. The van der Waals surface area contributed by atoms with Crippen LogP contribution in [0.3, 0.4) is 0 Å². The number of nitrogens with zero attached hydrogens (tertiary/aromatic N) is 1. The molecule has 0 aliphatic heterocycles. The lowest BCUT2D eigenvalue weighted by atomic mass is 10.2. The number of fused-ring (bicyclic) bond motifs is 1. The van der Waals surface area contributed by atoms with E-state index in [0.717, 1.165) is 22.2 Å². The van der Waals surface area contributed by atoms with Gasteiger partial charge in [0.15, 0.2) is 0 Å². The maximum absolute atomic E-state index is 12.7. The van der Waals surface area contributed by atoms with Gasteiger partial charge in [-0.3, -0.25) is 0 Å². The van der Waals surface area contributed by atoms with Gasteiger partial charge in [-0.25, -0.2) is 12.4 Å². The van der Waals surface area contributed by atoms with Crippen LogP contribution >= 0.6 is 0 Å². The molecule has 0 atom stereocenters. The van der Waals surface area contributed by atoms with Crippen LogP contribution in [-0.2, 0) is 15.8 Å². The Morgan fingerprint density at radius 2 is 1.60 bits per heavy atom. The predicted octanol–water partition coefficient (Wildman–Crippen LogP) is 3.33. The Morgan fingerprint density at radius 1 is 0.950 bits per heavy atom. The Kier molecular flexibility index (Phi) is 3.10. The van der Waals surface area contributed by atoms with Gasteiger partial charge in [-0.1, -0.05) is 48.5 Å². The summed E-state index contributed by atoms with van der Waals surface area (Å²) >= 11 is 0. The van der Waals surface area contributed by atoms with E-state index in [2.05, 4.69) is 0 Å². The molecule has 0 N–H and O–H groups in total. The number of aryl methyl sites for hydroxylation is 1. The van der Waals surface area contributed by atoms with E-state index in [9.17, 15) is 8.42 Å². The lowest BCUT2D eigenvalue weighted by Gasteiger charge is -2.10. The fourth-order valence-electron chi connectivity index (χ4n) is 2.49. The minimum atomic E-state index is -3.41. The summed E-state index contributed by atoms with van der Waals surface area (Å²) in [5.41, 5.74) is 2.27. The molecule has 0 spiro atoms. The molecule has 0 saturated carbocycles. The highest BCUT2D eigenvalue weighted by Gasteiger charge is 2.19. The van der Waals surface area contributed by atoms with E-state index in [4.69, 9.17) is 0 Å². The number of benzene rings is 2. The van der Waals surface area contributed by atoms with E-state index in [1.807, 2.05) is 67.6 Å². The summed E-state index contributed by atoms with van der Waals surface area (Å²) in [5.74, 6) is 0.00730. The molecule has 0 aliphatic carbocycles. The molecule has 0 fully saturated rings. The summed E-state index contributed by atoms with van der Waals surface area (Å²) < 4.78 is 26.8. The summed E-state index contributed by atoms with van der Waals surface area (Å²) in [4.78, 5) is 0. The third kappa shape index (κ3) is 2.23. The fourth-order valence-corrected chi connectivity index (χ4v) is 4.19. The Labute approximate surface area is 118 Å². The van der Waals surface area contributed by atoms with Crippen molar-refractivity contribution in [1.29, 1.82) is 0 Å². The van der Waals surface area contributed by atoms with Crippen LogP contribution in [-0.4, -0.2) is 12.4 Å².